The third kappa shape index (κ3) is 4.76. The second kappa shape index (κ2) is 7.70. The molecule has 1 saturated heterocycles. The van der Waals surface area contributed by atoms with Crippen molar-refractivity contribution in [2.45, 2.75) is 50.3 Å². The minimum atomic E-state index is -2.98. The van der Waals surface area contributed by atoms with Gasteiger partial charge in [-0.15, -0.1) is 0 Å². The van der Waals surface area contributed by atoms with E-state index >= 15 is 0 Å². The van der Waals surface area contributed by atoms with Gasteiger partial charge in [0.1, 0.15) is 0 Å². The first kappa shape index (κ1) is 16.9. The van der Waals surface area contributed by atoms with Crippen molar-refractivity contribution in [3.63, 3.8) is 0 Å². The quantitative estimate of drug-likeness (QED) is 0.831. The van der Waals surface area contributed by atoms with Gasteiger partial charge in [0.05, 0.1) is 11.0 Å². The lowest BCUT2D eigenvalue weighted by Gasteiger charge is -2.31. The molecule has 4 nitrogen and oxygen atoms in total. The molecule has 1 N–H and O–H groups in total. The predicted molar refractivity (Wildman–Crippen MR) is 89.1 cm³/mol. The molecule has 1 aromatic rings. The van der Waals surface area contributed by atoms with E-state index in [1.807, 2.05) is 12.3 Å². The molecule has 6 heteroatoms. The largest absolute Gasteiger partial charge is 0.312 e. The van der Waals surface area contributed by atoms with Gasteiger partial charge >= 0.3 is 0 Å². The van der Waals surface area contributed by atoms with Crippen LogP contribution < -0.4 is 5.32 Å². The first-order valence-corrected chi connectivity index (χ1v) is 10.1. The van der Waals surface area contributed by atoms with Crippen LogP contribution in [0.3, 0.4) is 0 Å². The van der Waals surface area contributed by atoms with E-state index in [4.69, 9.17) is 0 Å². The Hall–Kier alpha value is -0.460. The molecule has 0 aliphatic carbocycles. The maximum absolute atomic E-state index is 12.4. The normalized spacial score (nSPS) is 22.9. The van der Waals surface area contributed by atoms with Gasteiger partial charge in [-0.05, 0) is 59.8 Å². The van der Waals surface area contributed by atoms with Gasteiger partial charge in [0.2, 0.25) is 0 Å². The summed E-state index contributed by atoms with van der Waals surface area (Å²) in [5.74, 6) is 0.332. The Kier molecular flexibility index (Phi) is 6.20. The van der Waals surface area contributed by atoms with Gasteiger partial charge in [-0.1, -0.05) is 13.3 Å². The summed E-state index contributed by atoms with van der Waals surface area (Å²) in [7, 11) is -2.98. The minimum absolute atomic E-state index is 0.0219. The molecule has 2 rings (SSSR count). The Morgan fingerprint density at radius 3 is 2.90 bits per heavy atom. The Balaban J connectivity index is 2.17. The molecule has 0 spiro atoms. The number of nitrogens with one attached hydrogen (secondary N) is 1. The fraction of sp³-hybridized carbons (Fsp3) is 0.667. The average molecular weight is 375 g/mol. The summed E-state index contributed by atoms with van der Waals surface area (Å²) in [6.45, 7) is 2.94. The maximum atomic E-state index is 12.4. The number of hydrogen-bond acceptors (Lipinski definition) is 4. The van der Waals surface area contributed by atoms with E-state index in [-0.39, 0.29) is 11.3 Å². The van der Waals surface area contributed by atoms with Crippen LogP contribution in [-0.2, 0) is 16.3 Å². The highest BCUT2D eigenvalue weighted by Crippen LogP contribution is 2.24. The van der Waals surface area contributed by atoms with Crippen LogP contribution >= 0.6 is 15.9 Å². The highest BCUT2D eigenvalue weighted by molar-refractivity contribution is 9.10. The lowest BCUT2D eigenvalue weighted by atomic mass is 10.0. The Morgan fingerprint density at radius 1 is 1.43 bits per heavy atom. The smallest absolute Gasteiger partial charge is 0.154 e. The third-order valence-electron chi connectivity index (χ3n) is 3.95. The zero-order valence-electron chi connectivity index (χ0n) is 12.4. The number of pyridine rings is 1. The first-order valence-electron chi connectivity index (χ1n) is 7.57. The average Bonchev–Trinajstić information content (AvgIpc) is 2.43. The first-order chi connectivity index (χ1) is 10.0. The second-order valence-corrected chi connectivity index (χ2v) is 8.93. The molecule has 0 radical (unpaired) electrons. The van der Waals surface area contributed by atoms with Gasteiger partial charge in [0.15, 0.2) is 9.84 Å². The van der Waals surface area contributed by atoms with E-state index in [1.54, 1.807) is 6.20 Å². The van der Waals surface area contributed by atoms with Crippen LogP contribution in [0.4, 0.5) is 0 Å². The van der Waals surface area contributed by atoms with Crippen molar-refractivity contribution in [1.29, 1.82) is 0 Å². The summed E-state index contributed by atoms with van der Waals surface area (Å²) in [6, 6.07) is 2.00. The zero-order valence-corrected chi connectivity index (χ0v) is 14.8. The Morgan fingerprint density at radius 2 is 2.24 bits per heavy atom. The Labute approximate surface area is 135 Å². The van der Waals surface area contributed by atoms with Crippen molar-refractivity contribution in [3.05, 3.63) is 28.5 Å². The monoisotopic (exact) mass is 374 g/mol. The summed E-state index contributed by atoms with van der Waals surface area (Å²) in [6.07, 6.45) is 7.85. The second-order valence-electron chi connectivity index (χ2n) is 5.68. The van der Waals surface area contributed by atoms with Gasteiger partial charge in [-0.2, -0.15) is 0 Å². The number of sulfone groups is 1. The van der Waals surface area contributed by atoms with E-state index < -0.39 is 9.84 Å². The molecule has 2 atom stereocenters. The van der Waals surface area contributed by atoms with Crippen molar-refractivity contribution in [2.75, 3.05) is 12.3 Å². The van der Waals surface area contributed by atoms with Crippen LogP contribution in [0.2, 0.25) is 0 Å². The van der Waals surface area contributed by atoms with Crippen molar-refractivity contribution in [3.8, 4) is 0 Å². The zero-order chi connectivity index (χ0) is 15.3. The summed E-state index contributed by atoms with van der Waals surface area (Å²) >= 11 is 3.42. The van der Waals surface area contributed by atoms with Gasteiger partial charge < -0.3 is 5.32 Å². The minimum Gasteiger partial charge on any atom is -0.312 e. The molecule has 0 bridgehead atoms. The van der Waals surface area contributed by atoms with Gasteiger partial charge in [0, 0.05) is 22.9 Å². The summed E-state index contributed by atoms with van der Waals surface area (Å²) in [5, 5.41) is 3.17. The number of nitrogens with zero attached hydrogens (tertiary/aromatic N) is 1. The fourth-order valence-electron chi connectivity index (χ4n) is 2.92. The summed E-state index contributed by atoms with van der Waals surface area (Å²) in [4.78, 5) is 4.17. The number of halogens is 1. The third-order valence-corrected chi connectivity index (χ3v) is 6.73. The number of hydrogen-bond donors (Lipinski definition) is 1. The van der Waals surface area contributed by atoms with Crippen LogP contribution in [0.5, 0.6) is 0 Å². The van der Waals surface area contributed by atoms with Crippen LogP contribution in [0.15, 0.2) is 22.9 Å². The SMILES string of the molecule is CCCNC(Cc1cncc(Br)c1)C1CCCCS1(=O)=O. The van der Waals surface area contributed by atoms with E-state index in [9.17, 15) is 8.42 Å². The van der Waals surface area contributed by atoms with E-state index in [2.05, 4.69) is 33.2 Å². The van der Waals surface area contributed by atoms with Gasteiger partial charge in [-0.3, -0.25) is 4.98 Å². The molecular formula is C15H23BrN2O2S. The Bertz CT molecular complexity index is 563. The van der Waals surface area contributed by atoms with Crippen molar-refractivity contribution < 1.29 is 8.42 Å². The van der Waals surface area contributed by atoms with Crippen LogP contribution in [0, 0.1) is 0 Å². The molecule has 1 aliphatic heterocycles. The van der Waals surface area contributed by atoms with Crippen LogP contribution in [-0.4, -0.2) is 37.0 Å². The molecule has 21 heavy (non-hydrogen) atoms. The lowest BCUT2D eigenvalue weighted by Crippen LogP contribution is -2.48. The van der Waals surface area contributed by atoms with Crippen molar-refractivity contribution >= 4 is 25.8 Å². The summed E-state index contributed by atoms with van der Waals surface area (Å²) in [5.41, 5.74) is 1.07. The lowest BCUT2D eigenvalue weighted by molar-refractivity contribution is 0.433. The molecule has 1 fully saturated rings. The van der Waals surface area contributed by atoms with E-state index in [0.29, 0.717) is 12.2 Å². The molecule has 0 aromatic carbocycles. The van der Waals surface area contributed by atoms with Gasteiger partial charge in [-0.25, -0.2) is 8.42 Å². The standard InChI is InChI=1S/C15H23BrN2O2S/c1-2-6-18-14(9-12-8-13(16)11-17-10-12)15-5-3-4-7-21(15,19)20/h8,10-11,14-15,18H,2-7,9H2,1H3. The molecule has 118 valence electrons. The van der Waals surface area contributed by atoms with E-state index in [1.165, 1.54) is 0 Å². The highest BCUT2D eigenvalue weighted by atomic mass is 79.9. The van der Waals surface area contributed by atoms with Crippen LogP contribution in [0.1, 0.15) is 38.2 Å². The molecule has 0 amide bonds. The van der Waals surface area contributed by atoms with E-state index in [0.717, 1.165) is 42.3 Å². The van der Waals surface area contributed by atoms with Crippen molar-refractivity contribution in [2.24, 2.45) is 0 Å². The molecule has 1 aromatic heterocycles. The predicted octanol–water partition coefficient (Wildman–Crippen LogP) is 2.72. The molecule has 0 saturated carbocycles. The topological polar surface area (TPSA) is 59.1 Å². The van der Waals surface area contributed by atoms with Crippen LogP contribution in [0.25, 0.3) is 0 Å². The molecule has 2 unspecified atom stereocenters. The number of aromatic nitrogens is 1. The fourth-order valence-corrected chi connectivity index (χ4v) is 5.46. The van der Waals surface area contributed by atoms with Gasteiger partial charge in [0.25, 0.3) is 0 Å². The summed E-state index contributed by atoms with van der Waals surface area (Å²) < 4.78 is 25.7. The van der Waals surface area contributed by atoms with Crippen molar-refractivity contribution in [1.82, 2.24) is 10.3 Å². The molecular weight excluding hydrogens is 352 g/mol. The maximum Gasteiger partial charge on any atom is 0.154 e. The molecule has 1 aliphatic rings. The molecule has 2 heterocycles. The highest BCUT2D eigenvalue weighted by Gasteiger charge is 2.35. The number of rotatable bonds is 6.